The summed E-state index contributed by atoms with van der Waals surface area (Å²) in [6.45, 7) is 4.13. The van der Waals surface area contributed by atoms with Crippen LogP contribution in [0.1, 0.15) is 27.7 Å². The largest absolute Gasteiger partial charge is 0.462 e. The molecule has 27 heavy (non-hydrogen) atoms. The monoisotopic (exact) mass is 392 g/mol. The Bertz CT molecular complexity index is 561. The Kier molecular flexibility index (Phi) is 8.60. The summed E-state index contributed by atoms with van der Waals surface area (Å²) in [4.78, 5) is 45.3. The molecule has 0 unspecified atom stereocenters. The summed E-state index contributed by atoms with van der Waals surface area (Å²) in [5, 5.41) is 10.3. The van der Waals surface area contributed by atoms with Crippen molar-refractivity contribution >= 4 is 23.9 Å². The number of hydrogen-bond donors (Lipinski definition) is 1. The second kappa shape index (κ2) is 10.2. The van der Waals surface area contributed by atoms with Gasteiger partial charge in [-0.15, -0.1) is 0 Å². The van der Waals surface area contributed by atoms with E-state index in [1.165, 1.54) is 7.11 Å². The molecule has 1 saturated heterocycles. The van der Waals surface area contributed by atoms with Gasteiger partial charge in [0, 0.05) is 34.8 Å². The Hall–Kier alpha value is -2.24. The lowest BCUT2D eigenvalue weighted by Gasteiger charge is -2.44. The number of aliphatic hydroxyl groups excluding tert-OH is 1. The van der Waals surface area contributed by atoms with E-state index in [2.05, 4.69) is 0 Å². The van der Waals surface area contributed by atoms with E-state index in [-0.39, 0.29) is 0 Å². The summed E-state index contributed by atoms with van der Waals surface area (Å²) in [5.41, 5.74) is 0. The van der Waals surface area contributed by atoms with E-state index in [1.54, 1.807) is 0 Å². The highest BCUT2D eigenvalue weighted by Gasteiger charge is 2.53. The van der Waals surface area contributed by atoms with Gasteiger partial charge in [0.25, 0.3) is 0 Å². The molecule has 11 nitrogen and oxygen atoms in total. The highest BCUT2D eigenvalue weighted by molar-refractivity contribution is 5.68. The van der Waals surface area contributed by atoms with Crippen molar-refractivity contribution in [2.24, 2.45) is 0 Å². The molecule has 0 bridgehead atoms. The molecular formula is C16H24O11. The fraction of sp³-hybridized carbons (Fsp3) is 0.750. The van der Waals surface area contributed by atoms with Crippen molar-refractivity contribution < 1.29 is 52.7 Å². The van der Waals surface area contributed by atoms with Gasteiger partial charge in [0.2, 0.25) is 0 Å². The van der Waals surface area contributed by atoms with Crippen molar-refractivity contribution in [3.63, 3.8) is 0 Å². The van der Waals surface area contributed by atoms with Crippen LogP contribution in [0.4, 0.5) is 0 Å². The number of rotatable bonds is 7. The zero-order valence-electron chi connectivity index (χ0n) is 15.7. The van der Waals surface area contributed by atoms with Crippen molar-refractivity contribution in [2.45, 2.75) is 64.5 Å². The van der Waals surface area contributed by atoms with E-state index >= 15 is 0 Å². The van der Waals surface area contributed by atoms with E-state index < -0.39 is 67.3 Å². The zero-order chi connectivity index (χ0) is 20.7. The van der Waals surface area contributed by atoms with Crippen molar-refractivity contribution in [1.82, 2.24) is 0 Å². The first kappa shape index (κ1) is 22.8. The molecule has 1 fully saturated rings. The molecule has 1 aliphatic rings. The van der Waals surface area contributed by atoms with Gasteiger partial charge in [-0.25, -0.2) is 0 Å². The molecule has 0 aromatic carbocycles. The van der Waals surface area contributed by atoms with Crippen LogP contribution in [-0.4, -0.2) is 79.5 Å². The first-order valence-corrected chi connectivity index (χ1v) is 8.08. The molecular weight excluding hydrogens is 368 g/mol. The predicted molar refractivity (Wildman–Crippen MR) is 85.0 cm³/mol. The van der Waals surface area contributed by atoms with Crippen LogP contribution in [0, 0.1) is 0 Å². The van der Waals surface area contributed by atoms with Crippen LogP contribution in [0.25, 0.3) is 0 Å². The number of hydrogen-bond acceptors (Lipinski definition) is 11. The Morgan fingerprint density at radius 3 is 1.89 bits per heavy atom. The van der Waals surface area contributed by atoms with E-state index in [4.69, 9.17) is 28.4 Å². The number of carbonyl (C=O) groups is 4. The van der Waals surface area contributed by atoms with E-state index in [0.29, 0.717) is 0 Å². The average molecular weight is 392 g/mol. The second-order valence-corrected chi connectivity index (χ2v) is 5.79. The van der Waals surface area contributed by atoms with Gasteiger partial charge in [0.05, 0.1) is 0 Å². The maximum absolute atomic E-state index is 11.5. The molecule has 154 valence electrons. The van der Waals surface area contributed by atoms with Gasteiger partial charge in [0.1, 0.15) is 18.8 Å². The summed E-state index contributed by atoms with van der Waals surface area (Å²) in [7, 11) is 1.26. The van der Waals surface area contributed by atoms with E-state index in [1.807, 2.05) is 0 Å². The van der Waals surface area contributed by atoms with E-state index in [0.717, 1.165) is 27.7 Å². The Labute approximate surface area is 155 Å². The minimum atomic E-state index is -1.72. The Morgan fingerprint density at radius 2 is 1.44 bits per heavy atom. The van der Waals surface area contributed by atoms with Crippen molar-refractivity contribution in [1.29, 1.82) is 0 Å². The fourth-order valence-electron chi connectivity index (χ4n) is 2.67. The first-order valence-electron chi connectivity index (χ1n) is 8.08. The van der Waals surface area contributed by atoms with Gasteiger partial charge in [-0.3, -0.25) is 19.2 Å². The molecule has 1 N–H and O–H groups in total. The zero-order valence-corrected chi connectivity index (χ0v) is 15.7. The van der Waals surface area contributed by atoms with Gasteiger partial charge in [0.15, 0.2) is 24.6 Å². The third-order valence-corrected chi connectivity index (χ3v) is 3.56. The van der Waals surface area contributed by atoms with E-state index in [9.17, 15) is 24.3 Å². The summed E-state index contributed by atoms with van der Waals surface area (Å²) < 4.78 is 30.8. The number of carbonyl (C=O) groups excluding carboxylic acids is 4. The highest BCUT2D eigenvalue weighted by Crippen LogP contribution is 2.30. The normalized spacial score (nSPS) is 28.6. The predicted octanol–water partition coefficient (Wildman–Crippen LogP) is -0.923. The van der Waals surface area contributed by atoms with Crippen LogP contribution in [0.3, 0.4) is 0 Å². The van der Waals surface area contributed by atoms with Gasteiger partial charge >= 0.3 is 23.9 Å². The lowest BCUT2D eigenvalue weighted by molar-refractivity contribution is -0.308. The minimum Gasteiger partial charge on any atom is -0.462 e. The first-order chi connectivity index (χ1) is 12.6. The lowest BCUT2D eigenvalue weighted by Crippen LogP contribution is -2.64. The number of methoxy groups -OCH3 is 1. The van der Waals surface area contributed by atoms with Crippen molar-refractivity contribution in [3.05, 3.63) is 0 Å². The van der Waals surface area contributed by atoms with Gasteiger partial charge in [-0.1, -0.05) is 0 Å². The van der Waals surface area contributed by atoms with Crippen LogP contribution in [0.15, 0.2) is 0 Å². The summed E-state index contributed by atoms with van der Waals surface area (Å²) in [5.74, 6) is -2.81. The Balaban J connectivity index is 3.19. The molecule has 6 atom stereocenters. The van der Waals surface area contributed by atoms with Gasteiger partial charge in [-0.2, -0.15) is 0 Å². The Morgan fingerprint density at radius 1 is 0.889 bits per heavy atom. The van der Waals surface area contributed by atoms with Gasteiger partial charge < -0.3 is 33.5 Å². The third-order valence-electron chi connectivity index (χ3n) is 3.56. The molecule has 0 spiro atoms. The van der Waals surface area contributed by atoms with Crippen LogP contribution >= 0.6 is 0 Å². The molecule has 0 aromatic rings. The number of esters is 4. The summed E-state index contributed by atoms with van der Waals surface area (Å²) in [6, 6.07) is 0. The quantitative estimate of drug-likeness (QED) is 0.424. The van der Waals surface area contributed by atoms with Crippen molar-refractivity contribution in [3.8, 4) is 0 Å². The summed E-state index contributed by atoms with van der Waals surface area (Å²) >= 11 is 0. The molecule has 1 heterocycles. The smallest absolute Gasteiger partial charge is 0.303 e. The number of ether oxygens (including phenoxy) is 6. The summed E-state index contributed by atoms with van der Waals surface area (Å²) in [6.07, 6.45) is -7.84. The highest BCUT2D eigenvalue weighted by atomic mass is 16.7. The van der Waals surface area contributed by atoms with Crippen LogP contribution in [0.5, 0.6) is 0 Å². The third kappa shape index (κ3) is 6.77. The molecule has 1 aliphatic heterocycles. The molecule has 0 aliphatic carbocycles. The maximum Gasteiger partial charge on any atom is 0.303 e. The number of aliphatic hydroxyl groups is 1. The van der Waals surface area contributed by atoms with Gasteiger partial charge in [-0.05, 0) is 0 Å². The molecule has 1 rings (SSSR count). The molecule has 0 radical (unpaired) electrons. The lowest BCUT2D eigenvalue weighted by atomic mass is 9.94. The minimum absolute atomic E-state index is 0.392. The second-order valence-electron chi connectivity index (χ2n) is 5.79. The standard InChI is InChI=1S/C16H24O11/c1-7(17)23-6-11(24-8(2)18)12-13(22-5)14(25-9(3)19)15(16(21)27-12)26-10(4)20/h11-16,21H,6H2,1-5H3/t11-,12-,13-,14+,15-,16-/m1/s1. The average Bonchev–Trinajstić information content (AvgIpc) is 2.53. The topological polar surface area (TPSA) is 144 Å². The molecule has 0 saturated carbocycles. The van der Waals surface area contributed by atoms with Crippen molar-refractivity contribution in [2.75, 3.05) is 13.7 Å². The van der Waals surface area contributed by atoms with Crippen LogP contribution < -0.4 is 0 Å². The SMILES string of the molecule is CO[C@H]1[C@H](OC(C)=O)[C@@H](OC(C)=O)[C@H](O)O[C@@H]1[C@@H](COC(C)=O)OC(C)=O. The van der Waals surface area contributed by atoms with Crippen LogP contribution in [-0.2, 0) is 47.6 Å². The maximum atomic E-state index is 11.5. The molecule has 11 heteroatoms. The fourth-order valence-corrected chi connectivity index (χ4v) is 2.67. The van der Waals surface area contributed by atoms with Crippen LogP contribution in [0.2, 0.25) is 0 Å². The molecule has 0 aromatic heterocycles. The molecule has 0 amide bonds.